The molecule has 1 saturated heterocycles. The molecule has 0 aliphatic carbocycles. The highest BCUT2D eigenvalue weighted by molar-refractivity contribution is 5.67. The summed E-state index contributed by atoms with van der Waals surface area (Å²) >= 11 is 0. The summed E-state index contributed by atoms with van der Waals surface area (Å²) in [7, 11) is 0. The smallest absolute Gasteiger partial charge is 0.303 e. The van der Waals surface area contributed by atoms with E-state index in [4.69, 9.17) is 4.74 Å². The van der Waals surface area contributed by atoms with Crippen molar-refractivity contribution >= 4 is 5.97 Å². The molecule has 1 fully saturated rings. The zero-order chi connectivity index (χ0) is 16.1. The Balaban J connectivity index is 1.64. The Morgan fingerprint density at radius 3 is 3.04 bits per heavy atom. The molecule has 2 aromatic rings. The highest BCUT2D eigenvalue weighted by atomic mass is 16.5. The fraction of sp³-hybridized carbons (Fsp3) is 0.438. The number of hydrogen-bond acceptors (Lipinski definition) is 5. The van der Waals surface area contributed by atoms with Crippen LogP contribution >= 0.6 is 0 Å². The lowest BCUT2D eigenvalue weighted by atomic mass is 9.91. The number of ether oxygens (including phenoxy) is 1. The second-order valence-corrected chi connectivity index (χ2v) is 5.81. The van der Waals surface area contributed by atoms with Crippen molar-refractivity contribution in [2.24, 2.45) is 5.92 Å². The molecule has 0 saturated carbocycles. The van der Waals surface area contributed by atoms with Crippen molar-refractivity contribution in [2.75, 3.05) is 13.1 Å². The van der Waals surface area contributed by atoms with Gasteiger partial charge in [0, 0.05) is 43.6 Å². The molecule has 1 aliphatic heterocycles. The van der Waals surface area contributed by atoms with E-state index in [-0.39, 0.29) is 18.4 Å². The van der Waals surface area contributed by atoms with Crippen molar-refractivity contribution in [1.82, 2.24) is 20.1 Å². The fourth-order valence-corrected chi connectivity index (χ4v) is 3.01. The van der Waals surface area contributed by atoms with E-state index in [1.165, 1.54) is 0 Å². The van der Waals surface area contributed by atoms with Gasteiger partial charge in [-0.05, 0) is 24.6 Å². The molecule has 0 radical (unpaired) electrons. The molecule has 0 amide bonds. The van der Waals surface area contributed by atoms with Gasteiger partial charge in [0.05, 0.1) is 12.6 Å². The van der Waals surface area contributed by atoms with Gasteiger partial charge in [-0.1, -0.05) is 0 Å². The second-order valence-electron chi connectivity index (χ2n) is 5.81. The van der Waals surface area contributed by atoms with Crippen LogP contribution in [0.1, 0.15) is 18.5 Å². The Morgan fingerprint density at radius 2 is 2.35 bits per heavy atom. The minimum absolute atomic E-state index is 0.0515. The van der Waals surface area contributed by atoms with E-state index in [0.29, 0.717) is 12.3 Å². The van der Waals surface area contributed by atoms with Crippen molar-refractivity contribution in [2.45, 2.75) is 25.5 Å². The number of aromatic amines is 1. The van der Waals surface area contributed by atoms with E-state index in [9.17, 15) is 9.90 Å². The average molecular weight is 316 g/mol. The Labute approximate surface area is 134 Å². The number of hydrogen-bond donors (Lipinski definition) is 2. The molecule has 23 heavy (non-hydrogen) atoms. The van der Waals surface area contributed by atoms with Crippen molar-refractivity contribution < 1.29 is 14.6 Å². The van der Waals surface area contributed by atoms with Crippen LogP contribution in [0.2, 0.25) is 0 Å². The number of carboxylic acid groups (broad SMARTS) is 1. The Morgan fingerprint density at radius 1 is 1.43 bits per heavy atom. The van der Waals surface area contributed by atoms with Crippen LogP contribution in [0, 0.1) is 5.92 Å². The predicted octanol–water partition coefficient (Wildman–Crippen LogP) is 1.55. The lowest BCUT2D eigenvalue weighted by Gasteiger charge is -2.37. The number of aromatic nitrogens is 3. The van der Waals surface area contributed by atoms with Crippen LogP contribution in [0.4, 0.5) is 0 Å². The quantitative estimate of drug-likeness (QED) is 0.840. The molecule has 0 spiro atoms. The first-order chi connectivity index (χ1) is 11.2. The highest BCUT2D eigenvalue weighted by Gasteiger charge is 2.32. The number of piperidine rings is 1. The standard InChI is InChI=1S/C16H20N4O3/c21-16(22)8-12-10-20(11-13-3-6-18-19-13)7-4-15(12)23-14-2-1-5-17-9-14/h1-3,5-6,9,12,15H,4,7-8,10-11H2,(H,18,19)(H,21,22)/t12-,15-/m1/s1. The first-order valence-electron chi connectivity index (χ1n) is 7.70. The molecule has 0 aromatic carbocycles. The summed E-state index contributed by atoms with van der Waals surface area (Å²) in [6.07, 6.45) is 5.87. The molecular weight excluding hydrogens is 296 g/mol. The van der Waals surface area contributed by atoms with Crippen molar-refractivity contribution in [1.29, 1.82) is 0 Å². The summed E-state index contributed by atoms with van der Waals surface area (Å²) in [5, 5.41) is 16.1. The van der Waals surface area contributed by atoms with Crippen LogP contribution < -0.4 is 4.74 Å². The van der Waals surface area contributed by atoms with Gasteiger partial charge in [0.2, 0.25) is 0 Å². The number of carboxylic acids is 1. The first-order valence-corrected chi connectivity index (χ1v) is 7.70. The van der Waals surface area contributed by atoms with Crippen molar-refractivity contribution in [3.63, 3.8) is 0 Å². The number of rotatable bonds is 6. The lowest BCUT2D eigenvalue weighted by molar-refractivity contribution is -0.139. The molecule has 2 atom stereocenters. The van der Waals surface area contributed by atoms with Crippen molar-refractivity contribution in [3.8, 4) is 5.75 Å². The van der Waals surface area contributed by atoms with Gasteiger partial charge in [0.15, 0.2) is 0 Å². The van der Waals surface area contributed by atoms with Gasteiger partial charge in [-0.25, -0.2) is 0 Å². The van der Waals surface area contributed by atoms with E-state index in [1.54, 1.807) is 18.6 Å². The molecule has 122 valence electrons. The molecular formula is C16H20N4O3. The molecule has 2 aromatic heterocycles. The second kappa shape index (κ2) is 7.23. The van der Waals surface area contributed by atoms with Gasteiger partial charge in [-0.3, -0.25) is 19.8 Å². The third kappa shape index (κ3) is 4.29. The average Bonchev–Trinajstić information content (AvgIpc) is 3.03. The first kappa shape index (κ1) is 15.5. The lowest BCUT2D eigenvalue weighted by Crippen LogP contribution is -2.46. The van der Waals surface area contributed by atoms with E-state index >= 15 is 0 Å². The maximum atomic E-state index is 11.2. The van der Waals surface area contributed by atoms with E-state index < -0.39 is 5.97 Å². The molecule has 3 rings (SSSR count). The number of nitrogens with zero attached hydrogens (tertiary/aromatic N) is 3. The maximum Gasteiger partial charge on any atom is 0.303 e. The van der Waals surface area contributed by atoms with Gasteiger partial charge in [0.1, 0.15) is 11.9 Å². The van der Waals surface area contributed by atoms with Gasteiger partial charge in [-0.2, -0.15) is 5.10 Å². The Bertz CT molecular complexity index is 618. The minimum Gasteiger partial charge on any atom is -0.488 e. The number of aliphatic carboxylic acids is 1. The van der Waals surface area contributed by atoms with Gasteiger partial charge < -0.3 is 9.84 Å². The topological polar surface area (TPSA) is 91.3 Å². The fourth-order valence-electron chi connectivity index (χ4n) is 3.01. The van der Waals surface area contributed by atoms with Gasteiger partial charge in [0.25, 0.3) is 0 Å². The molecule has 3 heterocycles. The van der Waals surface area contributed by atoms with Crippen LogP contribution in [0.5, 0.6) is 5.75 Å². The van der Waals surface area contributed by atoms with Crippen molar-refractivity contribution in [3.05, 3.63) is 42.5 Å². The zero-order valence-electron chi connectivity index (χ0n) is 12.8. The summed E-state index contributed by atoms with van der Waals surface area (Å²) in [6, 6.07) is 5.60. The zero-order valence-corrected chi connectivity index (χ0v) is 12.8. The van der Waals surface area contributed by atoms with E-state index in [0.717, 1.165) is 25.2 Å². The minimum atomic E-state index is -0.793. The van der Waals surface area contributed by atoms with Crippen LogP contribution in [0.3, 0.4) is 0 Å². The number of nitrogens with one attached hydrogen (secondary N) is 1. The van der Waals surface area contributed by atoms with Crippen LogP contribution in [-0.4, -0.2) is 50.4 Å². The number of likely N-dealkylation sites (tertiary alicyclic amines) is 1. The molecule has 1 aliphatic rings. The Hall–Kier alpha value is -2.41. The number of pyridine rings is 1. The molecule has 2 N–H and O–H groups in total. The summed E-state index contributed by atoms with van der Waals surface area (Å²) in [5.74, 6) is -0.155. The molecule has 0 unspecified atom stereocenters. The molecule has 7 heteroatoms. The highest BCUT2D eigenvalue weighted by Crippen LogP contribution is 2.26. The Kier molecular flexibility index (Phi) is 4.87. The summed E-state index contributed by atoms with van der Waals surface area (Å²) in [4.78, 5) is 17.5. The van der Waals surface area contributed by atoms with Gasteiger partial charge >= 0.3 is 5.97 Å². The third-order valence-corrected chi connectivity index (χ3v) is 4.06. The SMILES string of the molecule is O=C(O)C[C@@H]1CN(Cc2ccn[nH]2)CC[C@H]1Oc1cccnc1. The van der Waals surface area contributed by atoms with Gasteiger partial charge in [-0.15, -0.1) is 0 Å². The van der Waals surface area contributed by atoms with Crippen LogP contribution in [-0.2, 0) is 11.3 Å². The summed E-state index contributed by atoms with van der Waals surface area (Å²) in [5.41, 5.74) is 1.03. The largest absolute Gasteiger partial charge is 0.488 e. The molecule has 0 bridgehead atoms. The van der Waals surface area contributed by atoms with Crippen LogP contribution in [0.15, 0.2) is 36.8 Å². The molecule has 7 nitrogen and oxygen atoms in total. The predicted molar refractivity (Wildman–Crippen MR) is 82.9 cm³/mol. The monoisotopic (exact) mass is 316 g/mol. The van der Waals surface area contributed by atoms with Crippen LogP contribution in [0.25, 0.3) is 0 Å². The summed E-state index contributed by atoms with van der Waals surface area (Å²) < 4.78 is 5.98. The number of H-pyrrole nitrogens is 1. The third-order valence-electron chi connectivity index (χ3n) is 4.06. The summed E-state index contributed by atoms with van der Waals surface area (Å²) in [6.45, 7) is 2.30. The van der Waals surface area contributed by atoms with E-state index in [1.807, 2.05) is 18.2 Å². The number of carbonyl (C=O) groups is 1. The van der Waals surface area contributed by atoms with E-state index in [2.05, 4.69) is 20.1 Å². The normalized spacial score (nSPS) is 21.9. The maximum absolute atomic E-state index is 11.2.